The molecule has 0 bridgehead atoms. The van der Waals surface area contributed by atoms with Crippen LogP contribution in [0, 0.1) is 0 Å². The Labute approximate surface area is 193 Å². The summed E-state index contributed by atoms with van der Waals surface area (Å²) < 4.78 is 0. The van der Waals surface area contributed by atoms with E-state index in [4.69, 9.17) is 10.7 Å². The van der Waals surface area contributed by atoms with E-state index in [0.29, 0.717) is 6.04 Å². The normalized spacial score (nSPS) is 15.3. The number of hydrogen-bond acceptors (Lipinski definition) is 6. The average molecular weight is 442 g/mol. The molecule has 2 N–H and O–H groups in total. The van der Waals surface area contributed by atoms with Crippen LogP contribution in [0.2, 0.25) is 0 Å². The molecule has 0 aliphatic carbocycles. The molecule has 162 valence electrons. The number of thioether (sulfide) groups is 1. The molecule has 1 aliphatic heterocycles. The largest absolute Gasteiger partial charge is 0.328 e. The predicted octanol–water partition coefficient (Wildman–Crippen LogP) is 5.00. The number of hydrogen-bond donors (Lipinski definition) is 1. The Bertz CT molecular complexity index is 1200. The van der Waals surface area contributed by atoms with Crippen molar-refractivity contribution in [2.24, 2.45) is 5.73 Å². The van der Waals surface area contributed by atoms with Crippen molar-refractivity contribution in [2.75, 3.05) is 19.3 Å². The Hall–Kier alpha value is -2.80. The highest BCUT2D eigenvalue weighted by atomic mass is 32.2. The number of fused-ring (bicyclic) bond motifs is 1. The van der Waals surface area contributed by atoms with E-state index in [1.807, 2.05) is 18.5 Å². The predicted molar refractivity (Wildman–Crippen MR) is 132 cm³/mol. The second kappa shape index (κ2) is 9.36. The molecule has 32 heavy (non-hydrogen) atoms. The van der Waals surface area contributed by atoms with Gasteiger partial charge < -0.3 is 5.73 Å². The molecule has 5 rings (SSSR count). The molecule has 0 saturated carbocycles. The molecule has 4 aromatic rings. The molecule has 1 saturated heterocycles. The maximum Gasteiger partial charge on any atom is 0.189 e. The fraction of sp³-hybridized carbons (Fsp3) is 0.269. The van der Waals surface area contributed by atoms with Crippen molar-refractivity contribution in [3.05, 3.63) is 72.4 Å². The molecule has 3 heterocycles. The standard InChI is InChI=1S/C26H27N5S/c1-32-26-28-16-21-15-23(19-5-3-2-4-6-19)24(29-25(21)30-26)20-9-7-18(8-10-20)17-31-13-11-22(27)12-14-31/h2-10,15-16,22H,11-14,17,27H2,1H3. The first kappa shape index (κ1) is 21.1. The van der Waals surface area contributed by atoms with Crippen LogP contribution < -0.4 is 5.73 Å². The van der Waals surface area contributed by atoms with Crippen LogP contribution in [0.1, 0.15) is 18.4 Å². The lowest BCUT2D eigenvalue weighted by atomic mass is 9.97. The number of piperidine rings is 1. The van der Waals surface area contributed by atoms with E-state index in [9.17, 15) is 0 Å². The zero-order valence-corrected chi connectivity index (χ0v) is 19.1. The van der Waals surface area contributed by atoms with Gasteiger partial charge in [-0.25, -0.2) is 15.0 Å². The molecular formula is C26H27N5S. The highest BCUT2D eigenvalue weighted by Gasteiger charge is 2.17. The van der Waals surface area contributed by atoms with Gasteiger partial charge in [-0.15, -0.1) is 0 Å². The van der Waals surface area contributed by atoms with Crippen molar-refractivity contribution < 1.29 is 0 Å². The van der Waals surface area contributed by atoms with Crippen LogP contribution in [0.5, 0.6) is 0 Å². The lowest BCUT2D eigenvalue weighted by molar-refractivity contribution is 0.205. The zero-order chi connectivity index (χ0) is 21.9. The van der Waals surface area contributed by atoms with E-state index in [-0.39, 0.29) is 0 Å². The summed E-state index contributed by atoms with van der Waals surface area (Å²) in [6.07, 6.45) is 6.01. The summed E-state index contributed by atoms with van der Waals surface area (Å²) in [5.74, 6) is 0. The average Bonchev–Trinajstić information content (AvgIpc) is 2.85. The van der Waals surface area contributed by atoms with Gasteiger partial charge in [-0.2, -0.15) is 0 Å². The lowest BCUT2D eigenvalue weighted by Gasteiger charge is -2.30. The van der Waals surface area contributed by atoms with Gasteiger partial charge in [0.1, 0.15) is 0 Å². The minimum absolute atomic E-state index is 0.361. The molecule has 5 nitrogen and oxygen atoms in total. The number of pyridine rings is 1. The third kappa shape index (κ3) is 4.53. The topological polar surface area (TPSA) is 67.9 Å². The summed E-state index contributed by atoms with van der Waals surface area (Å²) in [5.41, 5.74) is 12.4. The molecule has 0 spiro atoms. The molecule has 0 amide bonds. The second-order valence-electron chi connectivity index (χ2n) is 8.33. The quantitative estimate of drug-likeness (QED) is 0.347. The number of rotatable bonds is 5. The van der Waals surface area contributed by atoms with Crippen molar-refractivity contribution >= 4 is 22.8 Å². The van der Waals surface area contributed by atoms with E-state index >= 15 is 0 Å². The van der Waals surface area contributed by atoms with E-state index in [1.165, 1.54) is 17.3 Å². The molecule has 1 aliphatic rings. The van der Waals surface area contributed by atoms with Gasteiger partial charge in [-0.3, -0.25) is 4.90 Å². The number of benzene rings is 2. The van der Waals surface area contributed by atoms with Crippen molar-refractivity contribution in [3.63, 3.8) is 0 Å². The van der Waals surface area contributed by atoms with Gasteiger partial charge in [0.15, 0.2) is 10.8 Å². The smallest absolute Gasteiger partial charge is 0.189 e. The number of nitrogens with two attached hydrogens (primary N) is 1. The third-order valence-electron chi connectivity index (χ3n) is 6.08. The zero-order valence-electron chi connectivity index (χ0n) is 18.2. The first-order valence-electron chi connectivity index (χ1n) is 11.0. The second-order valence-corrected chi connectivity index (χ2v) is 9.10. The van der Waals surface area contributed by atoms with Crippen LogP contribution in [-0.2, 0) is 6.54 Å². The molecule has 6 heteroatoms. The highest BCUT2D eigenvalue weighted by Crippen LogP contribution is 2.33. The Morgan fingerprint density at radius 2 is 1.72 bits per heavy atom. The fourth-order valence-electron chi connectivity index (χ4n) is 4.24. The Morgan fingerprint density at radius 3 is 2.44 bits per heavy atom. The Kier molecular flexibility index (Phi) is 6.17. The van der Waals surface area contributed by atoms with Gasteiger partial charge in [-0.05, 0) is 49.4 Å². The van der Waals surface area contributed by atoms with Crippen molar-refractivity contribution in [1.29, 1.82) is 0 Å². The molecular weight excluding hydrogens is 414 g/mol. The van der Waals surface area contributed by atoms with Crippen molar-refractivity contribution in [1.82, 2.24) is 19.9 Å². The van der Waals surface area contributed by atoms with Crippen LogP contribution in [0.15, 0.2) is 72.0 Å². The Morgan fingerprint density at radius 1 is 0.969 bits per heavy atom. The van der Waals surface area contributed by atoms with Gasteiger partial charge in [0.25, 0.3) is 0 Å². The summed E-state index contributed by atoms with van der Waals surface area (Å²) in [6, 6.07) is 21.7. The molecule has 0 radical (unpaired) electrons. The Balaban J connectivity index is 1.51. The maximum absolute atomic E-state index is 6.05. The van der Waals surface area contributed by atoms with E-state index in [1.54, 1.807) is 0 Å². The summed E-state index contributed by atoms with van der Waals surface area (Å²) >= 11 is 1.53. The van der Waals surface area contributed by atoms with Gasteiger partial charge in [0.2, 0.25) is 0 Å². The number of likely N-dealkylation sites (tertiary alicyclic amines) is 1. The van der Waals surface area contributed by atoms with Gasteiger partial charge >= 0.3 is 0 Å². The fourth-order valence-corrected chi connectivity index (χ4v) is 4.58. The minimum atomic E-state index is 0.361. The van der Waals surface area contributed by atoms with Crippen LogP contribution in [0.3, 0.4) is 0 Å². The third-order valence-corrected chi connectivity index (χ3v) is 6.64. The summed E-state index contributed by atoms with van der Waals surface area (Å²) in [6.45, 7) is 3.11. The van der Waals surface area contributed by atoms with Gasteiger partial charge in [0, 0.05) is 35.3 Å². The van der Waals surface area contributed by atoms with Crippen LogP contribution in [-0.4, -0.2) is 45.2 Å². The molecule has 1 fully saturated rings. The van der Waals surface area contributed by atoms with E-state index in [2.05, 4.69) is 69.5 Å². The van der Waals surface area contributed by atoms with Gasteiger partial charge in [0.05, 0.1) is 5.69 Å². The van der Waals surface area contributed by atoms with E-state index in [0.717, 1.165) is 71.1 Å². The summed E-state index contributed by atoms with van der Waals surface area (Å²) in [7, 11) is 0. The lowest BCUT2D eigenvalue weighted by Crippen LogP contribution is -2.39. The van der Waals surface area contributed by atoms with Crippen molar-refractivity contribution in [2.45, 2.75) is 30.6 Å². The number of aromatic nitrogens is 3. The van der Waals surface area contributed by atoms with E-state index < -0.39 is 0 Å². The first-order valence-corrected chi connectivity index (χ1v) is 12.3. The highest BCUT2D eigenvalue weighted by molar-refractivity contribution is 7.98. The number of nitrogens with zero attached hydrogens (tertiary/aromatic N) is 4. The molecule has 0 unspecified atom stereocenters. The molecule has 2 aromatic carbocycles. The molecule has 2 aromatic heterocycles. The van der Waals surface area contributed by atoms with Crippen LogP contribution in [0.4, 0.5) is 0 Å². The summed E-state index contributed by atoms with van der Waals surface area (Å²) in [5, 5.41) is 1.69. The maximum atomic E-state index is 6.05. The van der Waals surface area contributed by atoms with Gasteiger partial charge in [-0.1, -0.05) is 66.4 Å². The SMILES string of the molecule is CSc1ncc2cc(-c3ccccc3)c(-c3ccc(CN4CCC(N)CC4)cc3)nc2n1. The van der Waals surface area contributed by atoms with Crippen LogP contribution in [0.25, 0.3) is 33.4 Å². The minimum Gasteiger partial charge on any atom is -0.328 e. The summed E-state index contributed by atoms with van der Waals surface area (Å²) in [4.78, 5) is 16.6. The first-order chi connectivity index (χ1) is 15.7. The molecule has 0 atom stereocenters. The van der Waals surface area contributed by atoms with Crippen molar-refractivity contribution in [3.8, 4) is 22.4 Å². The monoisotopic (exact) mass is 441 g/mol. The van der Waals surface area contributed by atoms with Crippen LogP contribution >= 0.6 is 11.8 Å².